The molecule has 19 heavy (non-hydrogen) atoms. The second kappa shape index (κ2) is 5.48. The molecule has 2 amide bonds. The number of hydrogen-bond acceptors (Lipinski definition) is 3. The van der Waals surface area contributed by atoms with Gasteiger partial charge in [0.1, 0.15) is 0 Å². The molecule has 5 nitrogen and oxygen atoms in total. The molecule has 1 saturated heterocycles. The highest BCUT2D eigenvalue weighted by atomic mass is 35.5. The molecule has 0 saturated carbocycles. The van der Waals surface area contributed by atoms with Gasteiger partial charge in [-0.2, -0.15) is 0 Å². The largest absolute Gasteiger partial charge is 0.398 e. The van der Waals surface area contributed by atoms with Crippen molar-refractivity contribution in [2.75, 3.05) is 31.9 Å². The van der Waals surface area contributed by atoms with Gasteiger partial charge in [-0.05, 0) is 18.2 Å². The number of nitrogens with zero attached hydrogens (tertiary/aromatic N) is 2. The van der Waals surface area contributed by atoms with Crippen LogP contribution in [-0.4, -0.2) is 47.8 Å². The Balaban J connectivity index is 2.07. The van der Waals surface area contributed by atoms with E-state index in [1.165, 1.54) is 6.92 Å². The number of rotatable bonds is 1. The summed E-state index contributed by atoms with van der Waals surface area (Å²) in [6.07, 6.45) is 0. The molecule has 0 unspecified atom stereocenters. The van der Waals surface area contributed by atoms with E-state index in [-0.39, 0.29) is 11.8 Å². The van der Waals surface area contributed by atoms with Crippen LogP contribution in [0.5, 0.6) is 0 Å². The second-order valence-corrected chi connectivity index (χ2v) is 4.97. The summed E-state index contributed by atoms with van der Waals surface area (Å²) in [5.74, 6) is -0.0736. The van der Waals surface area contributed by atoms with Crippen molar-refractivity contribution >= 4 is 29.1 Å². The van der Waals surface area contributed by atoms with E-state index >= 15 is 0 Å². The van der Waals surface area contributed by atoms with Crippen molar-refractivity contribution in [3.63, 3.8) is 0 Å². The molecule has 0 aliphatic carbocycles. The first kappa shape index (κ1) is 13.7. The lowest BCUT2D eigenvalue weighted by atomic mass is 10.1. The third kappa shape index (κ3) is 2.98. The first-order chi connectivity index (χ1) is 8.99. The number of anilines is 1. The summed E-state index contributed by atoms with van der Waals surface area (Å²) in [6.45, 7) is 3.72. The van der Waals surface area contributed by atoms with E-state index in [0.717, 1.165) is 0 Å². The Kier molecular flexibility index (Phi) is 3.95. The normalized spacial score (nSPS) is 15.5. The van der Waals surface area contributed by atoms with Crippen molar-refractivity contribution in [1.82, 2.24) is 9.80 Å². The minimum Gasteiger partial charge on any atom is -0.398 e. The molecule has 1 aromatic rings. The van der Waals surface area contributed by atoms with Gasteiger partial charge < -0.3 is 15.5 Å². The summed E-state index contributed by atoms with van der Waals surface area (Å²) in [6, 6.07) is 4.86. The number of halogens is 1. The molecule has 1 aromatic carbocycles. The molecule has 2 rings (SSSR count). The van der Waals surface area contributed by atoms with Crippen LogP contribution < -0.4 is 5.73 Å². The predicted octanol–water partition coefficient (Wildman–Crippen LogP) is 1.23. The number of amides is 2. The van der Waals surface area contributed by atoms with Gasteiger partial charge in [0.25, 0.3) is 5.91 Å². The summed E-state index contributed by atoms with van der Waals surface area (Å²) in [7, 11) is 0. The van der Waals surface area contributed by atoms with Gasteiger partial charge in [0.15, 0.2) is 0 Å². The Labute approximate surface area is 116 Å². The lowest BCUT2D eigenvalue weighted by Gasteiger charge is -2.34. The van der Waals surface area contributed by atoms with Gasteiger partial charge >= 0.3 is 0 Å². The number of benzene rings is 1. The van der Waals surface area contributed by atoms with Crippen molar-refractivity contribution < 1.29 is 9.59 Å². The smallest absolute Gasteiger partial charge is 0.256 e. The van der Waals surface area contributed by atoms with E-state index in [2.05, 4.69) is 0 Å². The van der Waals surface area contributed by atoms with Gasteiger partial charge in [-0.15, -0.1) is 0 Å². The first-order valence-corrected chi connectivity index (χ1v) is 6.46. The van der Waals surface area contributed by atoms with Crippen LogP contribution in [0.15, 0.2) is 18.2 Å². The highest BCUT2D eigenvalue weighted by Gasteiger charge is 2.24. The number of nitrogens with two attached hydrogens (primary N) is 1. The Morgan fingerprint density at radius 2 is 1.74 bits per heavy atom. The maximum atomic E-state index is 12.3. The van der Waals surface area contributed by atoms with Gasteiger partial charge in [0, 0.05) is 43.8 Å². The van der Waals surface area contributed by atoms with E-state index in [0.29, 0.717) is 42.5 Å². The van der Waals surface area contributed by atoms with Crippen LogP contribution in [0.25, 0.3) is 0 Å². The number of hydrogen-bond donors (Lipinski definition) is 1. The second-order valence-electron chi connectivity index (χ2n) is 4.53. The lowest BCUT2D eigenvalue weighted by Crippen LogP contribution is -2.50. The zero-order valence-corrected chi connectivity index (χ0v) is 11.5. The van der Waals surface area contributed by atoms with Gasteiger partial charge in [0.2, 0.25) is 5.91 Å². The highest BCUT2D eigenvalue weighted by Crippen LogP contribution is 2.20. The van der Waals surface area contributed by atoms with E-state index in [9.17, 15) is 9.59 Å². The average Bonchev–Trinajstić information content (AvgIpc) is 2.38. The van der Waals surface area contributed by atoms with Gasteiger partial charge in [-0.3, -0.25) is 9.59 Å². The molecular formula is C13H16ClN3O2. The molecule has 2 N–H and O–H groups in total. The molecular weight excluding hydrogens is 266 g/mol. The number of carbonyl (C=O) groups excluding carboxylic acids is 2. The molecule has 0 aromatic heterocycles. The van der Waals surface area contributed by atoms with E-state index in [4.69, 9.17) is 17.3 Å². The van der Waals surface area contributed by atoms with Crippen LogP contribution in [0, 0.1) is 0 Å². The van der Waals surface area contributed by atoms with Crippen molar-refractivity contribution in [3.8, 4) is 0 Å². The predicted molar refractivity (Wildman–Crippen MR) is 74.0 cm³/mol. The molecule has 1 fully saturated rings. The summed E-state index contributed by atoms with van der Waals surface area (Å²) in [5.41, 5.74) is 6.65. The zero-order chi connectivity index (χ0) is 14.0. The van der Waals surface area contributed by atoms with E-state index < -0.39 is 0 Å². The maximum Gasteiger partial charge on any atom is 0.256 e. The SMILES string of the molecule is CC(=O)N1CCN(C(=O)c2ccc(Cl)cc2N)CC1. The maximum absolute atomic E-state index is 12.3. The highest BCUT2D eigenvalue weighted by molar-refractivity contribution is 6.31. The van der Waals surface area contributed by atoms with Crippen LogP contribution in [-0.2, 0) is 4.79 Å². The Bertz CT molecular complexity index is 511. The summed E-state index contributed by atoms with van der Waals surface area (Å²) in [4.78, 5) is 27.0. The molecule has 0 atom stereocenters. The van der Waals surface area contributed by atoms with Gasteiger partial charge in [-0.25, -0.2) is 0 Å². The van der Waals surface area contributed by atoms with Crippen LogP contribution in [0.3, 0.4) is 0 Å². The topological polar surface area (TPSA) is 66.6 Å². The molecule has 0 bridgehead atoms. The molecule has 1 heterocycles. The molecule has 1 aliphatic rings. The lowest BCUT2D eigenvalue weighted by molar-refractivity contribution is -0.130. The fourth-order valence-electron chi connectivity index (χ4n) is 2.12. The van der Waals surface area contributed by atoms with Crippen molar-refractivity contribution in [2.45, 2.75) is 6.92 Å². The Morgan fingerprint density at radius 3 is 2.26 bits per heavy atom. The third-order valence-electron chi connectivity index (χ3n) is 3.26. The van der Waals surface area contributed by atoms with Crippen molar-refractivity contribution in [2.24, 2.45) is 0 Å². The quantitative estimate of drug-likeness (QED) is 0.787. The summed E-state index contributed by atoms with van der Waals surface area (Å²) < 4.78 is 0. The van der Waals surface area contributed by atoms with E-state index in [1.807, 2.05) is 0 Å². The third-order valence-corrected chi connectivity index (χ3v) is 3.49. The fraction of sp³-hybridized carbons (Fsp3) is 0.385. The van der Waals surface area contributed by atoms with Crippen LogP contribution in [0.2, 0.25) is 5.02 Å². The molecule has 6 heteroatoms. The summed E-state index contributed by atoms with van der Waals surface area (Å²) in [5, 5.41) is 0.510. The molecule has 0 radical (unpaired) electrons. The zero-order valence-electron chi connectivity index (χ0n) is 10.7. The number of piperazine rings is 1. The summed E-state index contributed by atoms with van der Waals surface area (Å²) >= 11 is 5.81. The Hall–Kier alpha value is -1.75. The standard InChI is InChI=1S/C13H16ClN3O2/c1-9(18)16-4-6-17(7-5-16)13(19)11-3-2-10(14)8-12(11)15/h2-3,8H,4-7,15H2,1H3. The fourth-order valence-corrected chi connectivity index (χ4v) is 2.30. The number of nitrogen functional groups attached to an aromatic ring is 1. The minimum absolute atomic E-state index is 0.0399. The van der Waals surface area contributed by atoms with Crippen LogP contribution in [0.4, 0.5) is 5.69 Å². The van der Waals surface area contributed by atoms with Crippen LogP contribution >= 0.6 is 11.6 Å². The van der Waals surface area contributed by atoms with Gasteiger partial charge in [0.05, 0.1) is 5.56 Å². The molecule has 1 aliphatic heterocycles. The van der Waals surface area contributed by atoms with E-state index in [1.54, 1.807) is 28.0 Å². The first-order valence-electron chi connectivity index (χ1n) is 6.09. The molecule has 0 spiro atoms. The van der Waals surface area contributed by atoms with Crippen LogP contribution in [0.1, 0.15) is 17.3 Å². The number of carbonyl (C=O) groups is 2. The molecule has 102 valence electrons. The van der Waals surface area contributed by atoms with Crippen molar-refractivity contribution in [1.29, 1.82) is 0 Å². The van der Waals surface area contributed by atoms with Gasteiger partial charge in [-0.1, -0.05) is 11.6 Å². The monoisotopic (exact) mass is 281 g/mol. The Morgan fingerprint density at radius 1 is 1.16 bits per heavy atom. The minimum atomic E-state index is -0.114. The van der Waals surface area contributed by atoms with Crippen molar-refractivity contribution in [3.05, 3.63) is 28.8 Å². The average molecular weight is 282 g/mol.